The van der Waals surface area contributed by atoms with E-state index in [9.17, 15) is 14.7 Å². The number of aromatic hydroxyl groups is 1. The molecule has 23 heavy (non-hydrogen) atoms. The summed E-state index contributed by atoms with van der Waals surface area (Å²) >= 11 is 0. The Balaban J connectivity index is 2.16. The van der Waals surface area contributed by atoms with E-state index in [1.807, 2.05) is 6.07 Å². The lowest BCUT2D eigenvalue weighted by Gasteiger charge is -2.11. The van der Waals surface area contributed by atoms with Crippen LogP contribution in [0.2, 0.25) is 0 Å². The molecule has 0 aliphatic rings. The summed E-state index contributed by atoms with van der Waals surface area (Å²) in [5.41, 5.74) is 1.14. The van der Waals surface area contributed by atoms with Crippen LogP contribution in [0.3, 0.4) is 0 Å². The van der Waals surface area contributed by atoms with Crippen molar-refractivity contribution in [2.24, 2.45) is 0 Å². The highest BCUT2D eigenvalue weighted by molar-refractivity contribution is 6.05. The van der Waals surface area contributed by atoms with Gasteiger partial charge in [-0.1, -0.05) is 30.3 Å². The molecule has 0 fully saturated rings. The lowest BCUT2D eigenvalue weighted by atomic mass is 10.0. The van der Waals surface area contributed by atoms with Gasteiger partial charge in [0, 0.05) is 11.8 Å². The largest absolute Gasteiger partial charge is 0.506 e. The molecule has 1 amide bonds. The summed E-state index contributed by atoms with van der Waals surface area (Å²) in [4.78, 5) is 22.9. The number of carboxylic acid groups (broad SMARTS) is 1. The third-order valence-electron chi connectivity index (χ3n) is 3.27. The van der Waals surface area contributed by atoms with Gasteiger partial charge >= 0.3 is 5.97 Å². The second-order valence-electron chi connectivity index (χ2n) is 4.77. The van der Waals surface area contributed by atoms with Crippen LogP contribution in [-0.2, 0) is 4.79 Å². The van der Waals surface area contributed by atoms with Crippen molar-refractivity contribution in [3.05, 3.63) is 48.4 Å². The van der Waals surface area contributed by atoms with Gasteiger partial charge in [-0.3, -0.25) is 14.0 Å². The molecule has 116 valence electrons. The molecule has 8 nitrogen and oxygen atoms in total. The molecule has 0 saturated heterocycles. The number of nitrogens with one attached hydrogen (secondary N) is 1. The zero-order chi connectivity index (χ0) is 16.4. The first-order chi connectivity index (χ1) is 11.1. The van der Waals surface area contributed by atoms with Crippen molar-refractivity contribution in [1.29, 1.82) is 0 Å². The monoisotopic (exact) mass is 312 g/mol. The first kappa shape index (κ1) is 14.5. The number of benzene rings is 1. The van der Waals surface area contributed by atoms with E-state index in [-0.39, 0.29) is 17.0 Å². The number of pyridine rings is 1. The number of nitrogens with zero attached hydrogens (tertiary/aromatic N) is 3. The highest BCUT2D eigenvalue weighted by Gasteiger charge is 2.22. The van der Waals surface area contributed by atoms with Crippen molar-refractivity contribution in [2.45, 2.75) is 0 Å². The Labute approximate surface area is 130 Å². The molecule has 2 aromatic heterocycles. The molecule has 0 aliphatic carbocycles. The van der Waals surface area contributed by atoms with Gasteiger partial charge in [0.15, 0.2) is 5.65 Å². The Morgan fingerprint density at radius 2 is 1.96 bits per heavy atom. The van der Waals surface area contributed by atoms with Gasteiger partial charge in [0.1, 0.15) is 24.2 Å². The van der Waals surface area contributed by atoms with E-state index in [0.717, 1.165) is 0 Å². The fourth-order valence-corrected chi connectivity index (χ4v) is 2.24. The van der Waals surface area contributed by atoms with Crippen molar-refractivity contribution in [2.75, 3.05) is 6.54 Å². The molecule has 0 unspecified atom stereocenters. The van der Waals surface area contributed by atoms with Crippen LogP contribution in [-0.4, -0.2) is 43.2 Å². The normalized spacial score (nSPS) is 10.6. The maximum Gasteiger partial charge on any atom is 0.322 e. The van der Waals surface area contributed by atoms with Crippen LogP contribution in [0.4, 0.5) is 0 Å². The number of carbonyl (C=O) groups is 2. The molecule has 0 radical (unpaired) electrons. The Kier molecular flexibility index (Phi) is 3.63. The number of carboxylic acids is 1. The number of rotatable bonds is 4. The summed E-state index contributed by atoms with van der Waals surface area (Å²) < 4.78 is 1.50. The summed E-state index contributed by atoms with van der Waals surface area (Å²) in [7, 11) is 0. The minimum absolute atomic E-state index is 0.120. The van der Waals surface area contributed by atoms with Gasteiger partial charge < -0.3 is 15.5 Å². The molecule has 0 bridgehead atoms. The van der Waals surface area contributed by atoms with Gasteiger partial charge in [0.05, 0.1) is 0 Å². The van der Waals surface area contributed by atoms with Crippen LogP contribution in [0.25, 0.3) is 16.8 Å². The van der Waals surface area contributed by atoms with Crippen LogP contribution >= 0.6 is 0 Å². The fraction of sp³-hybridized carbons (Fsp3) is 0.0667. The highest BCUT2D eigenvalue weighted by Crippen LogP contribution is 2.33. The minimum atomic E-state index is -1.19. The van der Waals surface area contributed by atoms with Crippen LogP contribution in [0.5, 0.6) is 5.75 Å². The predicted molar refractivity (Wildman–Crippen MR) is 80.1 cm³/mol. The van der Waals surface area contributed by atoms with E-state index in [0.29, 0.717) is 11.1 Å². The number of carbonyl (C=O) groups excluding carboxylic acids is 1. The average Bonchev–Trinajstić information content (AvgIpc) is 3.00. The number of hydrogen-bond acceptors (Lipinski definition) is 5. The van der Waals surface area contributed by atoms with Gasteiger partial charge in [-0.2, -0.15) is 0 Å². The number of aromatic nitrogens is 3. The van der Waals surface area contributed by atoms with E-state index in [4.69, 9.17) is 5.11 Å². The first-order valence-corrected chi connectivity index (χ1v) is 6.68. The maximum atomic E-state index is 12.2. The average molecular weight is 312 g/mol. The number of hydrogen-bond donors (Lipinski definition) is 3. The molecule has 3 rings (SSSR count). The van der Waals surface area contributed by atoms with Crippen molar-refractivity contribution < 1.29 is 19.8 Å². The zero-order valence-electron chi connectivity index (χ0n) is 11.8. The van der Waals surface area contributed by atoms with Crippen molar-refractivity contribution >= 4 is 17.5 Å². The summed E-state index contributed by atoms with van der Waals surface area (Å²) in [6.45, 7) is -0.561. The predicted octanol–water partition coefficient (Wildman–Crippen LogP) is 0.916. The standard InChI is InChI=1S/C15H12N4O4/c20-11(21)6-16-15(23)12-13(22)10(9-4-2-1-3-5-9)7-19-8-17-18-14(12)19/h1-5,7-8,22H,6H2,(H,16,23)(H,20,21). The van der Waals surface area contributed by atoms with E-state index in [1.165, 1.54) is 10.7 Å². The molecule has 0 aliphatic heterocycles. The molecule has 2 heterocycles. The number of fused-ring (bicyclic) bond motifs is 1. The fourth-order valence-electron chi connectivity index (χ4n) is 2.24. The quantitative estimate of drug-likeness (QED) is 0.659. The summed E-state index contributed by atoms with van der Waals surface area (Å²) in [5, 5.41) is 28.9. The Bertz CT molecular complexity index is 889. The topological polar surface area (TPSA) is 117 Å². The van der Waals surface area contributed by atoms with Gasteiger partial charge in [0.2, 0.25) is 0 Å². The summed E-state index contributed by atoms with van der Waals surface area (Å²) in [5.74, 6) is -2.20. The molecule has 1 aromatic carbocycles. The SMILES string of the molecule is O=C(O)CNC(=O)c1c(O)c(-c2ccccc2)cn2cnnc12. The van der Waals surface area contributed by atoms with Crippen LogP contribution in [0, 0.1) is 0 Å². The zero-order valence-corrected chi connectivity index (χ0v) is 11.8. The van der Waals surface area contributed by atoms with E-state index in [1.54, 1.807) is 30.5 Å². The van der Waals surface area contributed by atoms with Crippen LogP contribution < -0.4 is 5.32 Å². The molecule has 0 atom stereocenters. The second kappa shape index (κ2) is 5.76. The molecule has 8 heteroatoms. The Morgan fingerprint density at radius 1 is 1.22 bits per heavy atom. The van der Waals surface area contributed by atoms with Crippen LogP contribution in [0.15, 0.2) is 42.9 Å². The molecular formula is C15H12N4O4. The first-order valence-electron chi connectivity index (χ1n) is 6.68. The van der Waals surface area contributed by atoms with Gasteiger partial charge in [0.25, 0.3) is 5.91 Å². The molecule has 0 spiro atoms. The third kappa shape index (κ3) is 2.69. The second-order valence-corrected chi connectivity index (χ2v) is 4.77. The lowest BCUT2D eigenvalue weighted by Crippen LogP contribution is -2.29. The van der Waals surface area contributed by atoms with Crippen molar-refractivity contribution in [3.8, 4) is 16.9 Å². The maximum absolute atomic E-state index is 12.2. The van der Waals surface area contributed by atoms with E-state index < -0.39 is 18.4 Å². The smallest absolute Gasteiger partial charge is 0.322 e. The lowest BCUT2D eigenvalue weighted by molar-refractivity contribution is -0.135. The number of aliphatic carboxylic acids is 1. The summed E-state index contributed by atoms with van der Waals surface area (Å²) in [6, 6.07) is 9.00. The van der Waals surface area contributed by atoms with E-state index in [2.05, 4.69) is 15.5 Å². The highest BCUT2D eigenvalue weighted by atomic mass is 16.4. The number of amides is 1. The molecule has 3 aromatic rings. The third-order valence-corrected chi connectivity index (χ3v) is 3.27. The van der Waals surface area contributed by atoms with Crippen molar-refractivity contribution in [3.63, 3.8) is 0 Å². The van der Waals surface area contributed by atoms with Gasteiger partial charge in [-0.15, -0.1) is 10.2 Å². The van der Waals surface area contributed by atoms with Gasteiger partial charge in [-0.25, -0.2) is 0 Å². The van der Waals surface area contributed by atoms with Crippen LogP contribution in [0.1, 0.15) is 10.4 Å². The minimum Gasteiger partial charge on any atom is -0.506 e. The molecule has 3 N–H and O–H groups in total. The Hall–Kier alpha value is -3.42. The molecular weight excluding hydrogens is 300 g/mol. The van der Waals surface area contributed by atoms with E-state index >= 15 is 0 Å². The van der Waals surface area contributed by atoms with Gasteiger partial charge in [-0.05, 0) is 5.56 Å². The molecule has 0 saturated carbocycles. The van der Waals surface area contributed by atoms with Crippen molar-refractivity contribution in [1.82, 2.24) is 19.9 Å². The summed E-state index contributed by atoms with van der Waals surface area (Å²) in [6.07, 6.45) is 3.00. The Morgan fingerprint density at radius 3 is 2.65 bits per heavy atom.